The van der Waals surface area contributed by atoms with Crippen molar-refractivity contribution in [3.63, 3.8) is 0 Å². The molecule has 5 heteroatoms. The highest BCUT2D eigenvalue weighted by Gasteiger charge is 2.36. The molecule has 0 aliphatic carbocycles. The normalized spacial score (nSPS) is 16.6. The Hall–Kier alpha value is -3.08. The molecule has 2 heterocycles. The van der Waals surface area contributed by atoms with Gasteiger partial charge in [0, 0.05) is 43.5 Å². The van der Waals surface area contributed by atoms with Crippen LogP contribution in [0.4, 0.5) is 5.69 Å². The van der Waals surface area contributed by atoms with E-state index in [1.54, 1.807) is 4.90 Å². The molecule has 2 amide bonds. The number of carbonyl (C=O) groups excluding carboxylic acids is 2. The molecule has 0 spiro atoms. The molecule has 1 aliphatic rings. The fourth-order valence-electron chi connectivity index (χ4n) is 4.27. The molecule has 1 fully saturated rings. The first-order chi connectivity index (χ1) is 14.1. The number of hydrogen-bond acceptors (Lipinski definition) is 2. The van der Waals surface area contributed by atoms with E-state index in [2.05, 4.69) is 41.1 Å². The summed E-state index contributed by atoms with van der Waals surface area (Å²) in [5.74, 6) is -0.303. The first-order valence-electron chi connectivity index (χ1n) is 10.3. The zero-order chi connectivity index (χ0) is 20.4. The molecule has 0 saturated carbocycles. The quantitative estimate of drug-likeness (QED) is 0.699. The SMILES string of the molecule is CCc1cccc(C)c1N1CC(C(=O)NCCn2ccc3ccccc32)CC1=O. The molecule has 1 aromatic heterocycles. The molecule has 2 aromatic carbocycles. The minimum absolute atomic E-state index is 0.0329. The lowest BCUT2D eigenvalue weighted by Crippen LogP contribution is -2.35. The monoisotopic (exact) mass is 389 g/mol. The van der Waals surface area contributed by atoms with E-state index in [1.165, 1.54) is 5.39 Å². The van der Waals surface area contributed by atoms with Gasteiger partial charge in [-0.05, 0) is 42.0 Å². The van der Waals surface area contributed by atoms with Crippen LogP contribution in [0.15, 0.2) is 54.7 Å². The Balaban J connectivity index is 1.38. The van der Waals surface area contributed by atoms with Gasteiger partial charge in [0.1, 0.15) is 0 Å². The third-order valence-electron chi connectivity index (χ3n) is 5.80. The number of hydrogen-bond donors (Lipinski definition) is 1. The predicted molar refractivity (Wildman–Crippen MR) is 116 cm³/mol. The highest BCUT2D eigenvalue weighted by atomic mass is 16.2. The Morgan fingerprint density at radius 2 is 1.97 bits per heavy atom. The van der Waals surface area contributed by atoms with E-state index >= 15 is 0 Å². The van der Waals surface area contributed by atoms with Crippen molar-refractivity contribution in [2.75, 3.05) is 18.0 Å². The molecule has 1 saturated heterocycles. The number of nitrogens with one attached hydrogen (secondary N) is 1. The Labute approximate surface area is 171 Å². The average Bonchev–Trinajstić information content (AvgIpc) is 3.31. The molecule has 5 nitrogen and oxygen atoms in total. The summed E-state index contributed by atoms with van der Waals surface area (Å²) in [4.78, 5) is 27.2. The summed E-state index contributed by atoms with van der Waals surface area (Å²) >= 11 is 0. The van der Waals surface area contributed by atoms with E-state index in [-0.39, 0.29) is 24.2 Å². The Morgan fingerprint density at radius 1 is 1.14 bits per heavy atom. The smallest absolute Gasteiger partial charge is 0.227 e. The van der Waals surface area contributed by atoms with Crippen LogP contribution in [0.2, 0.25) is 0 Å². The minimum Gasteiger partial charge on any atom is -0.354 e. The van der Waals surface area contributed by atoms with Crippen LogP contribution >= 0.6 is 0 Å². The lowest BCUT2D eigenvalue weighted by atomic mass is 10.0. The van der Waals surface area contributed by atoms with Crippen molar-refractivity contribution in [3.8, 4) is 0 Å². The largest absolute Gasteiger partial charge is 0.354 e. The summed E-state index contributed by atoms with van der Waals surface area (Å²) in [7, 11) is 0. The van der Waals surface area contributed by atoms with Crippen molar-refractivity contribution in [2.24, 2.45) is 5.92 Å². The molecule has 1 aliphatic heterocycles. The first kappa shape index (κ1) is 19.2. The van der Waals surface area contributed by atoms with E-state index in [0.717, 1.165) is 28.8 Å². The molecular formula is C24H27N3O2. The number of aromatic nitrogens is 1. The van der Waals surface area contributed by atoms with E-state index in [1.807, 2.05) is 37.4 Å². The number of fused-ring (bicyclic) bond motifs is 1. The van der Waals surface area contributed by atoms with Crippen LogP contribution < -0.4 is 10.2 Å². The average molecular weight is 389 g/mol. The van der Waals surface area contributed by atoms with E-state index in [4.69, 9.17) is 0 Å². The lowest BCUT2D eigenvalue weighted by Gasteiger charge is -2.22. The maximum absolute atomic E-state index is 12.7. The maximum Gasteiger partial charge on any atom is 0.227 e. The number of para-hydroxylation sites is 2. The van der Waals surface area contributed by atoms with Crippen LogP contribution in [0.3, 0.4) is 0 Å². The Bertz CT molecular complexity index is 1050. The summed E-state index contributed by atoms with van der Waals surface area (Å²) in [6.07, 6.45) is 3.18. The van der Waals surface area contributed by atoms with Gasteiger partial charge in [0.05, 0.1) is 5.92 Å². The van der Waals surface area contributed by atoms with Crippen molar-refractivity contribution >= 4 is 28.4 Å². The van der Waals surface area contributed by atoms with Gasteiger partial charge < -0.3 is 14.8 Å². The number of rotatable bonds is 6. The number of aryl methyl sites for hydroxylation is 2. The van der Waals surface area contributed by atoms with Crippen molar-refractivity contribution in [1.29, 1.82) is 0 Å². The van der Waals surface area contributed by atoms with Crippen LogP contribution in [0, 0.1) is 12.8 Å². The summed E-state index contributed by atoms with van der Waals surface area (Å²) in [5, 5.41) is 4.22. The number of anilines is 1. The molecule has 1 atom stereocenters. The van der Waals surface area contributed by atoms with E-state index < -0.39 is 0 Å². The molecule has 3 aromatic rings. The third-order valence-corrected chi connectivity index (χ3v) is 5.80. The molecule has 0 bridgehead atoms. The van der Waals surface area contributed by atoms with Crippen LogP contribution in [0.5, 0.6) is 0 Å². The van der Waals surface area contributed by atoms with Crippen LogP contribution in [0.25, 0.3) is 10.9 Å². The van der Waals surface area contributed by atoms with Crippen LogP contribution in [0.1, 0.15) is 24.5 Å². The van der Waals surface area contributed by atoms with E-state index in [0.29, 0.717) is 19.6 Å². The maximum atomic E-state index is 12.7. The molecule has 150 valence electrons. The van der Waals surface area contributed by atoms with Crippen LogP contribution in [-0.4, -0.2) is 29.5 Å². The van der Waals surface area contributed by atoms with Gasteiger partial charge in [0.15, 0.2) is 0 Å². The molecule has 4 rings (SSSR count). The molecular weight excluding hydrogens is 362 g/mol. The number of carbonyl (C=O) groups is 2. The van der Waals surface area contributed by atoms with Crippen molar-refractivity contribution in [1.82, 2.24) is 9.88 Å². The van der Waals surface area contributed by atoms with Gasteiger partial charge in [-0.1, -0.05) is 43.3 Å². The highest BCUT2D eigenvalue weighted by Crippen LogP contribution is 2.31. The Kier molecular flexibility index (Phi) is 5.38. The zero-order valence-electron chi connectivity index (χ0n) is 17.0. The fraction of sp³-hybridized carbons (Fsp3) is 0.333. The van der Waals surface area contributed by atoms with Gasteiger partial charge in [-0.3, -0.25) is 9.59 Å². The number of amides is 2. The summed E-state index contributed by atoms with van der Waals surface area (Å²) in [6.45, 7) is 5.83. The summed E-state index contributed by atoms with van der Waals surface area (Å²) in [5.41, 5.74) is 4.38. The van der Waals surface area contributed by atoms with Gasteiger partial charge in [0.2, 0.25) is 11.8 Å². The lowest BCUT2D eigenvalue weighted by molar-refractivity contribution is -0.126. The predicted octanol–water partition coefficient (Wildman–Crippen LogP) is 3.68. The second kappa shape index (κ2) is 8.11. The van der Waals surface area contributed by atoms with Gasteiger partial charge in [-0.2, -0.15) is 0 Å². The Morgan fingerprint density at radius 3 is 2.79 bits per heavy atom. The van der Waals surface area contributed by atoms with Gasteiger partial charge in [0.25, 0.3) is 0 Å². The molecule has 0 radical (unpaired) electrons. The molecule has 1 N–H and O–H groups in total. The summed E-state index contributed by atoms with van der Waals surface area (Å²) in [6, 6.07) is 16.4. The first-order valence-corrected chi connectivity index (χ1v) is 10.3. The molecule has 1 unspecified atom stereocenters. The van der Waals surface area contributed by atoms with Crippen molar-refractivity contribution in [3.05, 3.63) is 65.9 Å². The molecule has 29 heavy (non-hydrogen) atoms. The summed E-state index contributed by atoms with van der Waals surface area (Å²) < 4.78 is 2.14. The van der Waals surface area contributed by atoms with Gasteiger partial charge in [-0.25, -0.2) is 0 Å². The minimum atomic E-state index is -0.298. The third kappa shape index (κ3) is 3.77. The topological polar surface area (TPSA) is 54.3 Å². The van der Waals surface area contributed by atoms with Crippen LogP contribution in [-0.2, 0) is 22.6 Å². The van der Waals surface area contributed by atoms with E-state index in [9.17, 15) is 9.59 Å². The fourth-order valence-corrected chi connectivity index (χ4v) is 4.27. The highest BCUT2D eigenvalue weighted by molar-refractivity contribution is 6.01. The van der Waals surface area contributed by atoms with Crippen molar-refractivity contribution < 1.29 is 9.59 Å². The van der Waals surface area contributed by atoms with Gasteiger partial charge >= 0.3 is 0 Å². The standard InChI is InChI=1S/C24H27N3O2/c1-3-18-9-6-7-17(2)23(18)27-16-20(15-22(27)28)24(29)25-12-14-26-13-11-19-8-4-5-10-21(19)26/h4-11,13,20H,3,12,14-16H2,1-2H3,(H,25,29). The second-order valence-corrected chi connectivity index (χ2v) is 7.70. The zero-order valence-corrected chi connectivity index (χ0v) is 17.0. The second-order valence-electron chi connectivity index (χ2n) is 7.70. The van der Waals surface area contributed by atoms with Gasteiger partial charge in [-0.15, -0.1) is 0 Å². The number of nitrogens with zero attached hydrogens (tertiary/aromatic N) is 2. The number of benzene rings is 2. The van der Waals surface area contributed by atoms with Crippen molar-refractivity contribution in [2.45, 2.75) is 33.2 Å².